The second-order valence-corrected chi connectivity index (χ2v) is 5.07. The summed E-state index contributed by atoms with van der Waals surface area (Å²) < 4.78 is 0. The molecule has 102 valence electrons. The van der Waals surface area contributed by atoms with E-state index in [0.717, 1.165) is 11.1 Å². The summed E-state index contributed by atoms with van der Waals surface area (Å²) in [5, 5.41) is 2.88. The van der Waals surface area contributed by atoms with E-state index in [1.165, 1.54) is 0 Å². The average molecular weight is 284 g/mol. The van der Waals surface area contributed by atoms with Crippen LogP contribution < -0.4 is 11.1 Å². The molecule has 0 atom stereocenters. The Kier molecular flexibility index (Phi) is 4.15. The van der Waals surface area contributed by atoms with E-state index < -0.39 is 0 Å². The summed E-state index contributed by atoms with van der Waals surface area (Å²) in [7, 11) is 0. The highest BCUT2D eigenvalue weighted by Gasteiger charge is 2.14. The van der Waals surface area contributed by atoms with Gasteiger partial charge in [-0.15, -0.1) is 0 Å². The van der Waals surface area contributed by atoms with Gasteiger partial charge in [0.2, 0.25) is 0 Å². The number of hydrogen-bond donors (Lipinski definition) is 2. The van der Waals surface area contributed by atoms with E-state index in [-0.39, 0.29) is 10.9 Å². The number of aryl methyl sites for hydroxylation is 2. The topological polar surface area (TPSA) is 55.1 Å². The van der Waals surface area contributed by atoms with E-state index in [1.54, 1.807) is 12.1 Å². The monoisotopic (exact) mass is 284 g/mol. The molecule has 0 heterocycles. The van der Waals surface area contributed by atoms with Crippen LogP contribution in [0, 0.1) is 13.8 Å². The normalized spacial score (nSPS) is 10.1. The predicted molar refractivity (Wildman–Crippen MR) is 86.2 cm³/mol. The number of nitrogens with one attached hydrogen (secondary N) is 1. The number of nitrogens with two attached hydrogens (primary N) is 1. The number of carbonyl (C=O) groups is 1. The second kappa shape index (κ2) is 5.84. The SMILES string of the molecule is Cc1cccc(C)c1C(=O)Nc1ccccc1C(N)=S. The lowest BCUT2D eigenvalue weighted by Gasteiger charge is -2.13. The average Bonchev–Trinajstić information content (AvgIpc) is 2.38. The maximum absolute atomic E-state index is 12.4. The minimum Gasteiger partial charge on any atom is -0.389 e. The summed E-state index contributed by atoms with van der Waals surface area (Å²) >= 11 is 5.00. The van der Waals surface area contributed by atoms with Gasteiger partial charge in [0.1, 0.15) is 4.99 Å². The summed E-state index contributed by atoms with van der Waals surface area (Å²) in [6.45, 7) is 3.84. The van der Waals surface area contributed by atoms with Crippen LogP contribution in [0.5, 0.6) is 0 Å². The van der Waals surface area contributed by atoms with E-state index in [2.05, 4.69) is 5.32 Å². The van der Waals surface area contributed by atoms with Crippen molar-refractivity contribution in [2.24, 2.45) is 5.73 Å². The number of para-hydroxylation sites is 1. The molecule has 2 aromatic carbocycles. The Morgan fingerprint density at radius 2 is 1.65 bits per heavy atom. The van der Waals surface area contributed by atoms with Crippen molar-refractivity contribution < 1.29 is 4.79 Å². The fourth-order valence-corrected chi connectivity index (χ4v) is 2.34. The number of anilines is 1. The molecule has 0 radical (unpaired) electrons. The molecular weight excluding hydrogens is 268 g/mol. The number of hydrogen-bond acceptors (Lipinski definition) is 2. The molecular formula is C16H16N2OS. The van der Waals surface area contributed by atoms with Crippen LogP contribution in [-0.2, 0) is 0 Å². The van der Waals surface area contributed by atoms with E-state index >= 15 is 0 Å². The van der Waals surface area contributed by atoms with Crippen molar-refractivity contribution in [1.29, 1.82) is 0 Å². The highest BCUT2D eigenvalue weighted by atomic mass is 32.1. The molecule has 3 nitrogen and oxygen atoms in total. The van der Waals surface area contributed by atoms with Gasteiger partial charge in [-0.05, 0) is 37.1 Å². The molecule has 0 saturated carbocycles. The van der Waals surface area contributed by atoms with Crippen molar-refractivity contribution in [3.63, 3.8) is 0 Å². The molecule has 0 aliphatic rings. The van der Waals surface area contributed by atoms with E-state index in [4.69, 9.17) is 18.0 Å². The van der Waals surface area contributed by atoms with Crippen molar-refractivity contribution in [2.45, 2.75) is 13.8 Å². The molecule has 0 spiro atoms. The summed E-state index contributed by atoms with van der Waals surface area (Å²) in [6.07, 6.45) is 0. The highest BCUT2D eigenvalue weighted by molar-refractivity contribution is 7.80. The lowest BCUT2D eigenvalue weighted by Crippen LogP contribution is -2.19. The molecule has 0 unspecified atom stereocenters. The van der Waals surface area contributed by atoms with Gasteiger partial charge in [0, 0.05) is 11.1 Å². The number of thiocarbonyl (C=S) groups is 1. The van der Waals surface area contributed by atoms with Crippen molar-refractivity contribution in [3.8, 4) is 0 Å². The molecule has 0 bridgehead atoms. The van der Waals surface area contributed by atoms with Gasteiger partial charge in [-0.2, -0.15) is 0 Å². The Morgan fingerprint density at radius 1 is 1.05 bits per heavy atom. The van der Waals surface area contributed by atoms with Gasteiger partial charge in [-0.1, -0.05) is 42.5 Å². The fraction of sp³-hybridized carbons (Fsp3) is 0.125. The molecule has 3 N–H and O–H groups in total. The van der Waals surface area contributed by atoms with Crippen LogP contribution in [0.3, 0.4) is 0 Å². The van der Waals surface area contributed by atoms with Gasteiger partial charge < -0.3 is 11.1 Å². The third-order valence-corrected chi connectivity index (χ3v) is 3.37. The number of amides is 1. The van der Waals surface area contributed by atoms with Gasteiger partial charge in [-0.25, -0.2) is 0 Å². The molecule has 20 heavy (non-hydrogen) atoms. The highest BCUT2D eigenvalue weighted by Crippen LogP contribution is 2.19. The maximum Gasteiger partial charge on any atom is 0.256 e. The summed E-state index contributed by atoms with van der Waals surface area (Å²) in [6, 6.07) is 13.0. The largest absolute Gasteiger partial charge is 0.389 e. The van der Waals surface area contributed by atoms with Gasteiger partial charge >= 0.3 is 0 Å². The van der Waals surface area contributed by atoms with Gasteiger partial charge in [0.05, 0.1) is 5.69 Å². The zero-order chi connectivity index (χ0) is 14.7. The Balaban J connectivity index is 2.36. The summed E-state index contributed by atoms with van der Waals surface area (Å²) in [5.41, 5.74) is 9.54. The Bertz CT molecular complexity index is 660. The lowest BCUT2D eigenvalue weighted by atomic mass is 10.0. The minimum absolute atomic E-state index is 0.149. The predicted octanol–water partition coefficient (Wildman–Crippen LogP) is 3.19. The van der Waals surface area contributed by atoms with Crippen LogP contribution in [0.1, 0.15) is 27.0 Å². The molecule has 0 aromatic heterocycles. The van der Waals surface area contributed by atoms with Crippen molar-refractivity contribution >= 4 is 28.8 Å². The molecule has 4 heteroatoms. The zero-order valence-electron chi connectivity index (χ0n) is 11.4. The molecule has 0 aliphatic heterocycles. The summed E-state index contributed by atoms with van der Waals surface area (Å²) in [5.74, 6) is -0.149. The Labute approximate surface area is 123 Å². The van der Waals surface area contributed by atoms with Crippen LogP contribution in [0.15, 0.2) is 42.5 Å². The molecule has 0 fully saturated rings. The quantitative estimate of drug-likeness (QED) is 0.851. The molecule has 1 amide bonds. The minimum atomic E-state index is -0.149. The van der Waals surface area contributed by atoms with Gasteiger partial charge in [0.25, 0.3) is 5.91 Å². The molecule has 2 rings (SSSR count). The standard InChI is InChI=1S/C16H16N2OS/c1-10-6-5-7-11(2)14(10)16(19)18-13-9-4-3-8-12(13)15(17)20/h3-9H,1-2H3,(H2,17,20)(H,18,19). The Morgan fingerprint density at radius 3 is 2.25 bits per heavy atom. The van der Waals surface area contributed by atoms with Gasteiger partial charge in [-0.3, -0.25) is 4.79 Å². The zero-order valence-corrected chi connectivity index (χ0v) is 12.3. The third kappa shape index (κ3) is 2.86. The first-order valence-corrected chi connectivity index (χ1v) is 6.68. The lowest BCUT2D eigenvalue weighted by molar-refractivity contribution is 0.102. The molecule has 2 aromatic rings. The summed E-state index contributed by atoms with van der Waals surface area (Å²) in [4.78, 5) is 12.7. The van der Waals surface area contributed by atoms with Crippen LogP contribution in [-0.4, -0.2) is 10.9 Å². The fourth-order valence-electron chi connectivity index (χ4n) is 2.16. The van der Waals surface area contributed by atoms with Crippen LogP contribution in [0.4, 0.5) is 5.69 Å². The van der Waals surface area contributed by atoms with Crippen molar-refractivity contribution in [1.82, 2.24) is 0 Å². The second-order valence-electron chi connectivity index (χ2n) is 4.63. The first-order chi connectivity index (χ1) is 9.50. The molecule has 0 aliphatic carbocycles. The van der Waals surface area contributed by atoms with E-state index in [1.807, 2.05) is 44.2 Å². The maximum atomic E-state index is 12.4. The number of carbonyl (C=O) groups excluding carboxylic acids is 1. The third-order valence-electron chi connectivity index (χ3n) is 3.15. The van der Waals surface area contributed by atoms with Crippen LogP contribution in [0.2, 0.25) is 0 Å². The number of rotatable bonds is 3. The Hall–Kier alpha value is -2.20. The van der Waals surface area contributed by atoms with Crippen LogP contribution in [0.25, 0.3) is 0 Å². The van der Waals surface area contributed by atoms with E-state index in [9.17, 15) is 4.79 Å². The van der Waals surface area contributed by atoms with Gasteiger partial charge in [0.15, 0.2) is 0 Å². The van der Waals surface area contributed by atoms with Crippen LogP contribution >= 0.6 is 12.2 Å². The molecule has 0 saturated heterocycles. The van der Waals surface area contributed by atoms with Crippen molar-refractivity contribution in [3.05, 3.63) is 64.7 Å². The van der Waals surface area contributed by atoms with E-state index in [0.29, 0.717) is 16.8 Å². The first-order valence-electron chi connectivity index (χ1n) is 6.27. The first kappa shape index (κ1) is 14.2. The number of benzene rings is 2. The van der Waals surface area contributed by atoms with Crippen molar-refractivity contribution in [2.75, 3.05) is 5.32 Å². The smallest absolute Gasteiger partial charge is 0.256 e.